The molecular formula is C19H28Cl3NO4S2. The number of benzene rings is 1. The second kappa shape index (κ2) is 13.1. The summed E-state index contributed by atoms with van der Waals surface area (Å²) in [5.41, 5.74) is 0.0439. The molecule has 0 saturated carbocycles. The number of halogens is 3. The molecule has 0 unspecified atom stereocenters. The molecule has 1 aromatic rings. The van der Waals surface area contributed by atoms with Crippen LogP contribution in [-0.2, 0) is 14.8 Å². The smallest absolute Gasteiger partial charge is 0.266 e. The number of carbonyl (C=O) groups excluding carboxylic acids is 2. The Morgan fingerprint density at radius 3 is 2.00 bits per heavy atom. The fraction of sp³-hybridized carbons (Fsp3) is 0.579. The fourth-order valence-corrected chi connectivity index (χ4v) is 5.69. The van der Waals surface area contributed by atoms with Crippen LogP contribution in [-0.4, -0.2) is 37.7 Å². The van der Waals surface area contributed by atoms with Gasteiger partial charge in [0.15, 0.2) is 6.29 Å². The molecule has 29 heavy (non-hydrogen) atoms. The van der Waals surface area contributed by atoms with E-state index in [0.717, 1.165) is 49.3 Å². The van der Waals surface area contributed by atoms with Gasteiger partial charge in [0.25, 0.3) is 10.0 Å². The van der Waals surface area contributed by atoms with E-state index in [-0.39, 0.29) is 16.9 Å². The maximum atomic E-state index is 12.6. The van der Waals surface area contributed by atoms with E-state index in [2.05, 4.69) is 0 Å². The van der Waals surface area contributed by atoms with Crippen LogP contribution in [0, 0.1) is 0 Å². The molecule has 0 aliphatic rings. The van der Waals surface area contributed by atoms with Crippen LogP contribution in [0.5, 0.6) is 0 Å². The molecule has 1 aromatic carbocycles. The van der Waals surface area contributed by atoms with Gasteiger partial charge in [-0.3, -0.25) is 9.59 Å². The molecule has 166 valence electrons. The molecule has 0 aliphatic carbocycles. The molecule has 0 aliphatic heterocycles. The van der Waals surface area contributed by atoms with Crippen LogP contribution in [0.2, 0.25) is 0 Å². The summed E-state index contributed by atoms with van der Waals surface area (Å²) in [5, 5.41) is 0. The number of hydrogen-bond donors (Lipinski definition) is 0. The van der Waals surface area contributed by atoms with Gasteiger partial charge in [-0.25, -0.2) is 12.7 Å². The van der Waals surface area contributed by atoms with Crippen LogP contribution in [0.1, 0.15) is 68.1 Å². The van der Waals surface area contributed by atoms with Gasteiger partial charge in [0, 0.05) is 24.8 Å². The second-order valence-electron chi connectivity index (χ2n) is 6.81. The van der Waals surface area contributed by atoms with E-state index in [1.165, 1.54) is 25.2 Å². The van der Waals surface area contributed by atoms with Crippen LogP contribution in [0.25, 0.3) is 0 Å². The van der Waals surface area contributed by atoms with Crippen molar-refractivity contribution in [3.05, 3.63) is 29.8 Å². The Balaban J connectivity index is 2.28. The van der Waals surface area contributed by atoms with Crippen LogP contribution >= 0.6 is 39.7 Å². The Kier molecular flexibility index (Phi) is 12.0. The van der Waals surface area contributed by atoms with Gasteiger partial charge >= 0.3 is 0 Å². The van der Waals surface area contributed by atoms with Crippen molar-refractivity contribution >= 4 is 61.9 Å². The number of unbranched alkanes of at least 4 members (excludes halogenated alkanes) is 7. The monoisotopic (exact) mass is 503 g/mol. The lowest BCUT2D eigenvalue weighted by molar-refractivity contribution is -0.125. The molecule has 1 rings (SSSR count). The molecule has 10 heteroatoms. The number of nitrogens with zero attached hydrogens (tertiary/aromatic N) is 1. The van der Waals surface area contributed by atoms with Gasteiger partial charge in [-0.1, -0.05) is 56.7 Å². The molecular weight excluding hydrogens is 477 g/mol. The topological polar surface area (TPSA) is 71.5 Å². The number of amides is 1. The zero-order valence-corrected chi connectivity index (χ0v) is 20.4. The number of aldehydes is 1. The predicted octanol–water partition coefficient (Wildman–Crippen LogP) is 6.42. The summed E-state index contributed by atoms with van der Waals surface area (Å²) in [6, 6.07) is 5.84. The Morgan fingerprint density at radius 2 is 1.45 bits per heavy atom. The number of hydrogen-bond acceptors (Lipinski definition) is 4. The van der Waals surface area contributed by atoms with E-state index in [1.54, 1.807) is 6.07 Å². The molecule has 0 radical (unpaired) electrons. The number of carbonyl (C=O) groups is 2. The molecule has 0 atom stereocenters. The maximum Gasteiger partial charge on any atom is 0.266 e. The summed E-state index contributed by atoms with van der Waals surface area (Å²) in [5.74, 6) is 0.174. The average molecular weight is 505 g/mol. The predicted molar refractivity (Wildman–Crippen MR) is 123 cm³/mol. The van der Waals surface area contributed by atoms with E-state index in [0.29, 0.717) is 18.5 Å². The lowest BCUT2D eigenvalue weighted by Gasteiger charge is -2.18. The first-order valence-electron chi connectivity index (χ1n) is 9.55. The SMILES string of the molecule is CN(C(=O)CCCCCCCCCCS(Cl)(Cl)Cl)S(=O)(=O)c1ccccc1C=O. The third kappa shape index (κ3) is 9.92. The van der Waals surface area contributed by atoms with E-state index in [1.807, 2.05) is 0 Å². The highest BCUT2D eigenvalue weighted by Gasteiger charge is 2.27. The average Bonchev–Trinajstić information content (AvgIpc) is 2.67. The van der Waals surface area contributed by atoms with Gasteiger partial charge in [-0.15, -0.1) is 0 Å². The number of rotatable bonds is 14. The van der Waals surface area contributed by atoms with Crippen molar-refractivity contribution in [1.29, 1.82) is 0 Å². The van der Waals surface area contributed by atoms with E-state index >= 15 is 0 Å². The quantitative estimate of drug-likeness (QED) is 0.216. The first-order valence-corrected chi connectivity index (χ1v) is 15.3. The summed E-state index contributed by atoms with van der Waals surface area (Å²) >= 11 is 0. The standard InChI is InChI=1S/C19H28Cl3NO4S2/c1-23(29(26,27)18-13-10-9-12-17(18)16-24)19(25)14-8-6-4-2-3-5-7-11-15-28(20,21)22/h9-10,12-13,16H,2-8,11,14-15H2,1H3. The molecule has 0 saturated heterocycles. The Labute approximate surface area is 188 Å². The molecule has 0 aromatic heterocycles. The molecule has 5 nitrogen and oxygen atoms in total. The largest absolute Gasteiger partial charge is 0.298 e. The summed E-state index contributed by atoms with van der Waals surface area (Å²) in [6.45, 7) is 0. The second-order valence-corrected chi connectivity index (χ2v) is 16.3. The highest BCUT2D eigenvalue weighted by Crippen LogP contribution is 2.63. The molecule has 0 spiro atoms. The Bertz CT molecular complexity index is 767. The molecule has 0 bridgehead atoms. The maximum absolute atomic E-state index is 12.6. The summed E-state index contributed by atoms with van der Waals surface area (Å²) < 4.78 is 25.9. The van der Waals surface area contributed by atoms with Gasteiger partial charge in [0.2, 0.25) is 5.91 Å². The minimum atomic E-state index is -4.03. The van der Waals surface area contributed by atoms with Crippen LogP contribution < -0.4 is 0 Å². The van der Waals surface area contributed by atoms with Crippen molar-refractivity contribution in [2.45, 2.75) is 62.7 Å². The van der Waals surface area contributed by atoms with Crippen LogP contribution in [0.4, 0.5) is 0 Å². The zero-order valence-electron chi connectivity index (χ0n) is 16.5. The minimum absolute atomic E-state index is 0.0439. The number of sulfonamides is 1. The minimum Gasteiger partial charge on any atom is -0.298 e. The Morgan fingerprint density at radius 1 is 0.931 bits per heavy atom. The van der Waals surface area contributed by atoms with E-state index in [9.17, 15) is 18.0 Å². The van der Waals surface area contributed by atoms with Crippen LogP contribution in [0.3, 0.4) is 0 Å². The Hall–Kier alpha value is -0.470. The zero-order chi connectivity index (χ0) is 21.9. The third-order valence-electron chi connectivity index (χ3n) is 4.55. The van der Waals surface area contributed by atoms with Crippen LogP contribution in [0.15, 0.2) is 29.2 Å². The fourth-order valence-electron chi connectivity index (χ4n) is 2.85. The van der Waals surface area contributed by atoms with Crippen molar-refractivity contribution < 1.29 is 18.0 Å². The van der Waals surface area contributed by atoms with Gasteiger partial charge in [0.1, 0.15) is 0 Å². The molecule has 0 N–H and O–H groups in total. The van der Waals surface area contributed by atoms with Crippen molar-refractivity contribution in [3.8, 4) is 0 Å². The van der Waals surface area contributed by atoms with Crippen molar-refractivity contribution in [3.63, 3.8) is 0 Å². The van der Waals surface area contributed by atoms with Crippen molar-refractivity contribution in [1.82, 2.24) is 4.31 Å². The molecule has 0 heterocycles. The third-order valence-corrected chi connectivity index (χ3v) is 8.54. The molecule has 0 fully saturated rings. The lowest BCUT2D eigenvalue weighted by atomic mass is 10.1. The molecule has 1 amide bonds. The highest BCUT2D eigenvalue weighted by molar-refractivity contribution is 8.79. The van der Waals surface area contributed by atoms with Gasteiger partial charge in [-0.05, 0) is 58.6 Å². The van der Waals surface area contributed by atoms with E-state index in [4.69, 9.17) is 32.0 Å². The van der Waals surface area contributed by atoms with E-state index < -0.39 is 23.6 Å². The first kappa shape index (κ1) is 26.6. The van der Waals surface area contributed by atoms with Crippen molar-refractivity contribution in [2.75, 3.05) is 12.8 Å². The van der Waals surface area contributed by atoms with Crippen molar-refractivity contribution in [2.24, 2.45) is 0 Å². The normalized spacial score (nSPS) is 12.6. The summed E-state index contributed by atoms with van der Waals surface area (Å²) in [7, 11) is 12.6. The highest BCUT2D eigenvalue weighted by atomic mass is 36.2. The first-order chi connectivity index (χ1) is 13.6. The summed E-state index contributed by atoms with van der Waals surface area (Å²) in [6.07, 6.45) is 8.35. The van der Waals surface area contributed by atoms with Gasteiger partial charge in [0.05, 0.1) is 4.90 Å². The van der Waals surface area contributed by atoms with Gasteiger partial charge < -0.3 is 0 Å². The lowest BCUT2D eigenvalue weighted by Crippen LogP contribution is -2.33. The summed E-state index contributed by atoms with van der Waals surface area (Å²) in [4.78, 5) is 23.2. The van der Waals surface area contributed by atoms with Gasteiger partial charge in [-0.2, -0.15) is 0 Å².